The van der Waals surface area contributed by atoms with Crippen molar-refractivity contribution in [2.24, 2.45) is 0 Å². The van der Waals surface area contributed by atoms with Crippen molar-refractivity contribution in [1.82, 2.24) is 0 Å². The van der Waals surface area contributed by atoms with Crippen molar-refractivity contribution in [3.05, 3.63) is 29.8 Å². The van der Waals surface area contributed by atoms with Crippen molar-refractivity contribution in [3.8, 4) is 0 Å². The molecule has 28 heavy (non-hydrogen) atoms. The molecular formula is C21H38O5STi. The third-order valence-electron chi connectivity index (χ3n) is 4.05. The molecule has 0 aliphatic heterocycles. The molecule has 5 nitrogen and oxygen atoms in total. The van der Waals surface area contributed by atoms with Crippen LogP contribution in [0.1, 0.15) is 90.5 Å². The molecule has 0 unspecified atom stereocenters. The van der Waals surface area contributed by atoms with E-state index >= 15 is 0 Å². The Bertz CT molecular complexity index is 573. The van der Waals surface area contributed by atoms with Crippen LogP contribution in [0.2, 0.25) is 0 Å². The van der Waals surface area contributed by atoms with Gasteiger partial charge in [0.2, 0.25) is 0 Å². The van der Waals surface area contributed by atoms with E-state index in [2.05, 4.69) is 6.92 Å². The first-order chi connectivity index (χ1) is 13.3. The fourth-order valence-corrected chi connectivity index (χ4v) is 3.52. The molecule has 0 fully saturated rings. The van der Waals surface area contributed by atoms with Gasteiger partial charge in [0.25, 0.3) is 10.1 Å². The molecule has 2 N–H and O–H groups in total. The van der Waals surface area contributed by atoms with Crippen LogP contribution in [0.4, 0.5) is 0 Å². The number of aliphatic hydroxyl groups excluding tert-OH is 1. The van der Waals surface area contributed by atoms with Gasteiger partial charge in [-0.2, -0.15) is 8.42 Å². The third-order valence-corrected chi connectivity index (χ3v) is 5.00. The Morgan fingerprint density at radius 2 is 1.25 bits per heavy atom. The van der Waals surface area contributed by atoms with Crippen LogP contribution in [0.5, 0.6) is 0 Å². The van der Waals surface area contributed by atoms with Crippen LogP contribution in [0.15, 0.2) is 29.2 Å². The molecule has 0 atom stereocenters. The molecule has 0 saturated heterocycles. The van der Waals surface area contributed by atoms with Gasteiger partial charge in [-0.05, 0) is 38.3 Å². The second-order valence-electron chi connectivity index (χ2n) is 7.11. The standard InChI is InChI=1S/C18H30O3S.C3H8O.O.Ti/c1-2-3-4-5-6-7-8-9-10-11-14-17-15-12-13-16-18(17)22(19,20)21;1-3(2)4;;/h12-13,15-16H,2-11,14H2,1H3,(H,19,20,21);3-4H,1-2H3;;. The molecule has 162 valence electrons. The van der Waals surface area contributed by atoms with Crippen molar-refractivity contribution in [2.75, 3.05) is 0 Å². The number of hydrogen-bond donors (Lipinski definition) is 2. The van der Waals surface area contributed by atoms with E-state index in [4.69, 9.17) is 8.43 Å². The second-order valence-corrected chi connectivity index (χ2v) is 8.50. The van der Waals surface area contributed by atoms with Crippen LogP contribution in [-0.2, 0) is 40.3 Å². The van der Waals surface area contributed by atoms with Gasteiger partial charge in [-0.25, -0.2) is 0 Å². The molecule has 7 heteroatoms. The molecule has 0 spiro atoms. The Morgan fingerprint density at radius 1 is 0.857 bits per heavy atom. The first kappa shape index (κ1) is 29.8. The minimum atomic E-state index is -4.10. The summed E-state index contributed by atoms with van der Waals surface area (Å²) < 4.78 is 40.0. The van der Waals surface area contributed by atoms with Gasteiger partial charge in [0.1, 0.15) is 0 Å². The van der Waals surface area contributed by atoms with Crippen LogP contribution in [-0.4, -0.2) is 24.2 Å². The third kappa shape index (κ3) is 18.9. The van der Waals surface area contributed by atoms with E-state index in [1.165, 1.54) is 57.4 Å². The molecule has 0 saturated carbocycles. The molecule has 1 aromatic carbocycles. The summed E-state index contributed by atoms with van der Waals surface area (Å²) in [6, 6.07) is 6.73. The Kier molecular flexibility index (Phi) is 21.2. The van der Waals surface area contributed by atoms with E-state index in [0.717, 1.165) is 38.8 Å². The molecule has 0 bridgehead atoms. The molecule has 0 heterocycles. The van der Waals surface area contributed by atoms with E-state index < -0.39 is 10.1 Å². The zero-order valence-corrected chi connectivity index (χ0v) is 20.1. The van der Waals surface area contributed by atoms with Crippen LogP contribution in [0.3, 0.4) is 0 Å². The Morgan fingerprint density at radius 3 is 1.68 bits per heavy atom. The number of benzene rings is 1. The molecule has 0 aliphatic carbocycles. The topological polar surface area (TPSA) is 91.7 Å². The SMILES string of the molecule is CC(C)O.CCCCCCCCCCCCc1ccccc1S(=O)(=O)O.[O]=[Ti]. The Balaban J connectivity index is 0. The summed E-state index contributed by atoms with van der Waals surface area (Å²) in [5.41, 5.74) is 0.726. The zero-order chi connectivity index (χ0) is 21.8. The molecule has 0 aliphatic rings. The fraction of sp³-hybridized carbons (Fsp3) is 0.714. The summed E-state index contributed by atoms with van der Waals surface area (Å²) in [6.45, 7) is 5.68. The zero-order valence-electron chi connectivity index (χ0n) is 17.7. The van der Waals surface area contributed by atoms with E-state index in [9.17, 15) is 13.0 Å². The van der Waals surface area contributed by atoms with Crippen LogP contribution in [0.25, 0.3) is 0 Å². The summed E-state index contributed by atoms with van der Waals surface area (Å²) in [4.78, 5) is 0.0610. The van der Waals surface area contributed by atoms with Gasteiger partial charge in [0, 0.05) is 6.10 Å². The summed E-state index contributed by atoms with van der Waals surface area (Å²) in [5, 5.41) is 8.06. The fourth-order valence-electron chi connectivity index (χ4n) is 2.76. The molecule has 1 aromatic rings. The van der Waals surface area contributed by atoms with Crippen molar-refractivity contribution in [3.63, 3.8) is 0 Å². The molecule has 1 rings (SSSR count). The Hall–Kier alpha value is -0.396. The van der Waals surface area contributed by atoms with Gasteiger partial charge in [0.15, 0.2) is 0 Å². The van der Waals surface area contributed by atoms with Gasteiger partial charge < -0.3 is 5.11 Å². The molecule has 0 radical (unpaired) electrons. The Labute approximate surface area is 183 Å². The first-order valence-corrected chi connectivity index (χ1v) is 12.3. The number of rotatable bonds is 12. The van der Waals surface area contributed by atoms with Gasteiger partial charge in [-0.1, -0.05) is 82.9 Å². The maximum absolute atomic E-state index is 11.3. The van der Waals surface area contributed by atoms with Gasteiger partial charge in [-0.3, -0.25) is 4.55 Å². The van der Waals surface area contributed by atoms with E-state index in [1.807, 2.05) is 6.07 Å². The number of aryl methyl sites for hydroxylation is 1. The average Bonchev–Trinajstić information content (AvgIpc) is 2.64. The summed E-state index contributed by atoms with van der Waals surface area (Å²) in [6.07, 6.45) is 13.1. The van der Waals surface area contributed by atoms with Crippen molar-refractivity contribution in [1.29, 1.82) is 0 Å². The van der Waals surface area contributed by atoms with E-state index in [-0.39, 0.29) is 11.0 Å². The average molecular weight is 450 g/mol. The number of unbranched alkanes of at least 4 members (excludes halogenated alkanes) is 9. The van der Waals surface area contributed by atoms with Crippen LogP contribution >= 0.6 is 0 Å². The summed E-state index contributed by atoms with van der Waals surface area (Å²) in [7, 11) is -4.10. The second kappa shape index (κ2) is 19.9. The van der Waals surface area contributed by atoms with Crippen LogP contribution in [0, 0.1) is 0 Å². The van der Waals surface area contributed by atoms with Crippen molar-refractivity contribution >= 4 is 10.1 Å². The number of hydrogen-bond acceptors (Lipinski definition) is 4. The predicted octanol–water partition coefficient (Wildman–Crippen LogP) is 5.66. The first-order valence-electron chi connectivity index (χ1n) is 10.2. The predicted molar refractivity (Wildman–Crippen MR) is 110 cm³/mol. The van der Waals surface area contributed by atoms with Gasteiger partial charge >= 0.3 is 23.7 Å². The molecule has 0 amide bonds. The van der Waals surface area contributed by atoms with Gasteiger partial charge in [0.05, 0.1) is 4.90 Å². The van der Waals surface area contributed by atoms with Gasteiger partial charge in [-0.15, -0.1) is 0 Å². The van der Waals surface area contributed by atoms with E-state index in [0.29, 0.717) is 6.42 Å². The molecule has 0 aromatic heterocycles. The quantitative estimate of drug-likeness (QED) is 0.243. The summed E-state index contributed by atoms with van der Waals surface area (Å²) >= 11 is 0.750. The normalized spacial score (nSPS) is 10.6. The summed E-state index contributed by atoms with van der Waals surface area (Å²) in [5.74, 6) is 0. The number of aliphatic hydroxyl groups is 1. The maximum atomic E-state index is 11.3. The van der Waals surface area contributed by atoms with Crippen molar-refractivity contribution in [2.45, 2.75) is 102 Å². The molecular weight excluding hydrogens is 412 g/mol. The van der Waals surface area contributed by atoms with E-state index in [1.54, 1.807) is 26.0 Å². The minimum absolute atomic E-state index is 0.0610. The van der Waals surface area contributed by atoms with Crippen LogP contribution < -0.4 is 0 Å². The monoisotopic (exact) mass is 450 g/mol. The van der Waals surface area contributed by atoms with Crippen molar-refractivity contribution < 1.29 is 41.8 Å².